The fraction of sp³-hybridized carbons (Fsp3) is 0.611. The third-order valence-corrected chi connectivity index (χ3v) is 5.21. The van der Waals surface area contributed by atoms with Crippen LogP contribution in [0.1, 0.15) is 37.7 Å². The Kier molecular flexibility index (Phi) is 4.77. The summed E-state index contributed by atoms with van der Waals surface area (Å²) in [6.07, 6.45) is 5.54. The smallest absolute Gasteiger partial charge is 0.223 e. The molecule has 1 aromatic carbocycles. The standard InChI is InChI=1S/C18H25FN2O/c1-20-12-4-8-16(20)17-9-5-13-21(17)18(22)11-10-14-6-2-3-7-15(14)19/h2-3,6-7,16-17H,4-5,8-13H2,1H3/t16-,17-/m1/s1. The van der Waals surface area contributed by atoms with E-state index in [1.807, 2.05) is 6.07 Å². The number of likely N-dealkylation sites (N-methyl/N-ethyl adjacent to an activating group) is 1. The number of benzene rings is 1. The number of hydrogen-bond acceptors (Lipinski definition) is 2. The van der Waals surface area contributed by atoms with Gasteiger partial charge in [-0.25, -0.2) is 4.39 Å². The lowest BCUT2D eigenvalue weighted by atomic mass is 10.0. The zero-order valence-electron chi connectivity index (χ0n) is 13.3. The molecule has 3 nitrogen and oxygen atoms in total. The second-order valence-corrected chi connectivity index (χ2v) is 6.58. The molecular weight excluding hydrogens is 279 g/mol. The van der Waals surface area contributed by atoms with E-state index >= 15 is 0 Å². The Bertz CT molecular complexity index is 534. The quantitative estimate of drug-likeness (QED) is 0.854. The lowest BCUT2D eigenvalue weighted by molar-refractivity contribution is -0.132. The Morgan fingerprint density at radius 3 is 2.64 bits per heavy atom. The minimum atomic E-state index is -0.205. The average Bonchev–Trinajstić information content (AvgIpc) is 3.14. The summed E-state index contributed by atoms with van der Waals surface area (Å²) in [5, 5.41) is 0. The normalized spacial score (nSPS) is 25.8. The SMILES string of the molecule is CN1CCC[C@@H]1[C@H]1CCCN1C(=O)CCc1ccccc1F. The van der Waals surface area contributed by atoms with Gasteiger partial charge in [0.05, 0.1) is 0 Å². The van der Waals surface area contributed by atoms with Gasteiger partial charge in [0.1, 0.15) is 5.82 Å². The molecule has 22 heavy (non-hydrogen) atoms. The third kappa shape index (κ3) is 3.17. The van der Waals surface area contributed by atoms with Crippen LogP contribution in [0.3, 0.4) is 0 Å². The Hall–Kier alpha value is -1.42. The molecule has 2 atom stereocenters. The number of carbonyl (C=O) groups is 1. The molecule has 0 unspecified atom stereocenters. The Morgan fingerprint density at radius 1 is 1.18 bits per heavy atom. The molecule has 120 valence electrons. The molecule has 3 rings (SSSR count). The van der Waals surface area contributed by atoms with Gasteiger partial charge in [-0.05, 0) is 57.3 Å². The maximum atomic E-state index is 13.7. The summed E-state index contributed by atoms with van der Waals surface area (Å²) in [6, 6.07) is 7.63. The first kappa shape index (κ1) is 15.5. The maximum Gasteiger partial charge on any atom is 0.223 e. The zero-order valence-corrected chi connectivity index (χ0v) is 13.3. The number of hydrogen-bond donors (Lipinski definition) is 0. The number of nitrogens with zero attached hydrogens (tertiary/aromatic N) is 2. The summed E-state index contributed by atoms with van der Waals surface area (Å²) in [5.41, 5.74) is 0.643. The summed E-state index contributed by atoms with van der Waals surface area (Å²) in [6.45, 7) is 2.00. The van der Waals surface area contributed by atoms with Gasteiger partial charge < -0.3 is 9.80 Å². The molecule has 0 N–H and O–H groups in total. The third-order valence-electron chi connectivity index (χ3n) is 5.21. The highest BCUT2D eigenvalue weighted by Gasteiger charge is 2.37. The van der Waals surface area contributed by atoms with E-state index in [2.05, 4.69) is 16.8 Å². The predicted octanol–water partition coefficient (Wildman–Crippen LogP) is 2.84. The summed E-state index contributed by atoms with van der Waals surface area (Å²) < 4.78 is 13.7. The monoisotopic (exact) mass is 304 g/mol. The topological polar surface area (TPSA) is 23.6 Å². The zero-order chi connectivity index (χ0) is 15.5. The van der Waals surface area contributed by atoms with Gasteiger partial charge in [-0.15, -0.1) is 0 Å². The van der Waals surface area contributed by atoms with Gasteiger partial charge in [-0.3, -0.25) is 4.79 Å². The molecule has 0 spiro atoms. The first-order valence-electron chi connectivity index (χ1n) is 8.40. The number of carbonyl (C=O) groups excluding carboxylic acids is 1. The number of halogens is 1. The largest absolute Gasteiger partial charge is 0.338 e. The molecule has 0 saturated carbocycles. The second-order valence-electron chi connectivity index (χ2n) is 6.58. The molecule has 0 bridgehead atoms. The molecule has 2 heterocycles. The van der Waals surface area contributed by atoms with Crippen molar-refractivity contribution in [2.24, 2.45) is 0 Å². The van der Waals surface area contributed by atoms with E-state index in [1.165, 1.54) is 18.9 Å². The van der Waals surface area contributed by atoms with E-state index in [0.29, 0.717) is 30.5 Å². The van der Waals surface area contributed by atoms with Crippen molar-refractivity contribution >= 4 is 5.91 Å². The molecule has 4 heteroatoms. The van der Waals surface area contributed by atoms with Crippen LogP contribution in [0.15, 0.2) is 24.3 Å². The predicted molar refractivity (Wildman–Crippen MR) is 85.1 cm³/mol. The van der Waals surface area contributed by atoms with Gasteiger partial charge in [0, 0.05) is 25.0 Å². The molecule has 2 aliphatic heterocycles. The van der Waals surface area contributed by atoms with Crippen LogP contribution in [-0.4, -0.2) is 47.9 Å². The molecule has 0 aliphatic carbocycles. The minimum Gasteiger partial charge on any atom is -0.338 e. The van der Waals surface area contributed by atoms with Crippen LogP contribution in [0.4, 0.5) is 4.39 Å². The van der Waals surface area contributed by atoms with Crippen LogP contribution >= 0.6 is 0 Å². The number of rotatable bonds is 4. The lowest BCUT2D eigenvalue weighted by Crippen LogP contribution is -2.47. The summed E-state index contributed by atoms with van der Waals surface area (Å²) in [4.78, 5) is 17.0. The number of aryl methyl sites for hydroxylation is 1. The minimum absolute atomic E-state index is 0.186. The van der Waals surface area contributed by atoms with Crippen LogP contribution in [0.5, 0.6) is 0 Å². The maximum absolute atomic E-state index is 13.7. The van der Waals surface area contributed by atoms with Crippen LogP contribution < -0.4 is 0 Å². The number of amides is 1. The van der Waals surface area contributed by atoms with Gasteiger partial charge in [0.25, 0.3) is 0 Å². The first-order chi connectivity index (χ1) is 10.7. The van der Waals surface area contributed by atoms with Crippen molar-refractivity contribution in [1.29, 1.82) is 0 Å². The van der Waals surface area contributed by atoms with E-state index in [9.17, 15) is 9.18 Å². The highest BCUT2D eigenvalue weighted by Crippen LogP contribution is 2.29. The summed E-state index contributed by atoms with van der Waals surface area (Å²) >= 11 is 0. The molecule has 2 saturated heterocycles. The molecule has 1 aromatic rings. The highest BCUT2D eigenvalue weighted by atomic mass is 19.1. The van der Waals surface area contributed by atoms with E-state index in [-0.39, 0.29) is 11.7 Å². The van der Waals surface area contributed by atoms with Crippen molar-refractivity contribution in [3.63, 3.8) is 0 Å². The van der Waals surface area contributed by atoms with Gasteiger partial charge >= 0.3 is 0 Å². The van der Waals surface area contributed by atoms with Crippen molar-refractivity contribution < 1.29 is 9.18 Å². The fourth-order valence-corrected chi connectivity index (χ4v) is 4.01. The number of likely N-dealkylation sites (tertiary alicyclic amines) is 2. The van der Waals surface area contributed by atoms with Gasteiger partial charge in [-0.1, -0.05) is 18.2 Å². The molecular formula is C18H25FN2O. The highest BCUT2D eigenvalue weighted by molar-refractivity contribution is 5.77. The van der Waals surface area contributed by atoms with Crippen molar-refractivity contribution in [1.82, 2.24) is 9.80 Å². The van der Waals surface area contributed by atoms with Crippen molar-refractivity contribution in [2.75, 3.05) is 20.1 Å². The van der Waals surface area contributed by atoms with E-state index in [4.69, 9.17) is 0 Å². The Labute approximate surface area is 132 Å². The van der Waals surface area contributed by atoms with E-state index in [0.717, 1.165) is 25.9 Å². The molecule has 0 aromatic heterocycles. The van der Waals surface area contributed by atoms with Crippen molar-refractivity contribution in [2.45, 2.75) is 50.6 Å². The van der Waals surface area contributed by atoms with E-state index < -0.39 is 0 Å². The molecule has 1 amide bonds. The molecule has 0 radical (unpaired) electrons. The summed E-state index contributed by atoms with van der Waals surface area (Å²) in [5.74, 6) is -0.0187. The van der Waals surface area contributed by atoms with Gasteiger partial charge in [0.15, 0.2) is 0 Å². The molecule has 2 aliphatic rings. The second kappa shape index (κ2) is 6.78. The molecule has 2 fully saturated rings. The fourth-order valence-electron chi connectivity index (χ4n) is 4.01. The van der Waals surface area contributed by atoms with Crippen LogP contribution in [0, 0.1) is 5.82 Å². The summed E-state index contributed by atoms with van der Waals surface area (Å²) in [7, 11) is 2.16. The van der Waals surface area contributed by atoms with Crippen LogP contribution in [0.2, 0.25) is 0 Å². The van der Waals surface area contributed by atoms with E-state index in [1.54, 1.807) is 12.1 Å². The van der Waals surface area contributed by atoms with Crippen molar-refractivity contribution in [3.05, 3.63) is 35.6 Å². The Morgan fingerprint density at radius 2 is 1.91 bits per heavy atom. The van der Waals surface area contributed by atoms with Gasteiger partial charge in [-0.2, -0.15) is 0 Å². The average molecular weight is 304 g/mol. The van der Waals surface area contributed by atoms with Crippen LogP contribution in [-0.2, 0) is 11.2 Å². The van der Waals surface area contributed by atoms with Crippen molar-refractivity contribution in [3.8, 4) is 0 Å². The Balaban J connectivity index is 1.60. The lowest BCUT2D eigenvalue weighted by Gasteiger charge is -2.33. The van der Waals surface area contributed by atoms with Gasteiger partial charge in [0.2, 0.25) is 5.91 Å². The first-order valence-corrected chi connectivity index (χ1v) is 8.40. The van der Waals surface area contributed by atoms with Crippen LogP contribution in [0.25, 0.3) is 0 Å².